The van der Waals surface area contributed by atoms with Crippen molar-refractivity contribution >= 4 is 62.6 Å². The summed E-state index contributed by atoms with van der Waals surface area (Å²) in [5.41, 5.74) is 4.25. The van der Waals surface area contributed by atoms with Crippen LogP contribution in [-0.2, 0) is 0 Å². The third kappa shape index (κ3) is 3.49. The highest BCUT2D eigenvalue weighted by Crippen LogP contribution is 2.36. The second-order valence-electron chi connectivity index (χ2n) is 7.81. The number of hydrogen-bond acceptors (Lipinski definition) is 5. The Morgan fingerprint density at radius 3 is 1.97 bits per heavy atom. The van der Waals surface area contributed by atoms with Crippen LogP contribution in [-0.4, -0.2) is 16.6 Å². The second kappa shape index (κ2) is 8.06. The number of hydrogen-bond donors (Lipinski definition) is 0. The topological polar surface area (TPSA) is 60.2 Å². The van der Waals surface area contributed by atoms with Crippen molar-refractivity contribution < 1.29 is 14.0 Å². The molecule has 0 saturated heterocycles. The molecule has 1 aliphatic rings. The summed E-state index contributed by atoms with van der Waals surface area (Å²) in [5.74, 6) is -0.405. The number of furan rings is 1. The number of thiazole rings is 1. The minimum Gasteiger partial charge on any atom is -0.437 e. The average Bonchev–Trinajstić information content (AvgIpc) is 3.48. The van der Waals surface area contributed by atoms with Crippen molar-refractivity contribution in [1.82, 2.24) is 4.98 Å². The van der Waals surface area contributed by atoms with Crippen LogP contribution in [0.25, 0.3) is 38.2 Å². The number of carbonyl (C=O) groups excluding carboxylic acids is 2. The van der Waals surface area contributed by atoms with Crippen LogP contribution in [0.2, 0.25) is 10.0 Å². The Labute approximate surface area is 208 Å². The van der Waals surface area contributed by atoms with E-state index in [1.165, 1.54) is 29.5 Å². The zero-order chi connectivity index (χ0) is 23.4. The number of halogens is 2. The predicted octanol–water partition coefficient (Wildman–Crippen LogP) is 7.99. The summed E-state index contributed by atoms with van der Waals surface area (Å²) in [7, 11) is 0. The molecule has 2 aromatic heterocycles. The third-order valence-corrected chi connectivity index (χ3v) is 7.43. The first-order valence-electron chi connectivity index (χ1n) is 10.3. The summed E-state index contributed by atoms with van der Waals surface area (Å²) in [6.45, 7) is 0. The second-order valence-corrected chi connectivity index (χ2v) is 9.65. The van der Waals surface area contributed by atoms with Gasteiger partial charge in [0.2, 0.25) is 5.71 Å². The van der Waals surface area contributed by atoms with Crippen molar-refractivity contribution in [2.24, 2.45) is 0 Å². The number of carbonyl (C=O) groups is 2. The molecule has 4 nitrogen and oxygen atoms in total. The van der Waals surface area contributed by atoms with Crippen LogP contribution in [0.1, 0.15) is 26.5 Å². The van der Waals surface area contributed by atoms with Crippen LogP contribution < -0.4 is 0 Å². The molecule has 0 aliphatic heterocycles. The van der Waals surface area contributed by atoms with E-state index >= 15 is 0 Å². The fourth-order valence-corrected chi connectivity index (χ4v) is 5.24. The maximum atomic E-state index is 12.8. The molecule has 2 heterocycles. The van der Waals surface area contributed by atoms with Gasteiger partial charge in [-0.3, -0.25) is 9.59 Å². The zero-order valence-corrected chi connectivity index (χ0v) is 19.7. The van der Waals surface area contributed by atoms with Crippen molar-refractivity contribution in [3.63, 3.8) is 0 Å². The molecule has 3 aromatic carbocycles. The molecule has 0 atom stereocenters. The van der Waals surface area contributed by atoms with Gasteiger partial charge < -0.3 is 4.42 Å². The van der Waals surface area contributed by atoms with Gasteiger partial charge in [-0.1, -0.05) is 77.8 Å². The van der Waals surface area contributed by atoms with Gasteiger partial charge in [0.1, 0.15) is 10.8 Å². The summed E-state index contributed by atoms with van der Waals surface area (Å²) in [4.78, 5) is 30.1. The van der Waals surface area contributed by atoms with Gasteiger partial charge in [-0.15, -0.1) is 11.3 Å². The Kier molecular flexibility index (Phi) is 4.99. The number of benzene rings is 3. The first-order chi connectivity index (χ1) is 16.5. The van der Waals surface area contributed by atoms with Crippen LogP contribution in [0.4, 0.5) is 0 Å². The SMILES string of the molecule is O=C1C(=Cc2cc3sc(-c4ccc(-c5ccccc5)cc4)nc3o2)C(=O)c2cc(Cl)c(Cl)cc21. The van der Waals surface area contributed by atoms with Crippen molar-refractivity contribution in [2.75, 3.05) is 0 Å². The number of fused-ring (bicyclic) bond motifs is 2. The van der Waals surface area contributed by atoms with Gasteiger partial charge in [0.25, 0.3) is 0 Å². The van der Waals surface area contributed by atoms with Gasteiger partial charge >= 0.3 is 0 Å². The number of aromatic nitrogens is 1. The molecule has 164 valence electrons. The normalized spacial score (nSPS) is 13.1. The van der Waals surface area contributed by atoms with E-state index < -0.39 is 11.6 Å². The van der Waals surface area contributed by atoms with E-state index in [1.54, 1.807) is 6.07 Å². The Balaban J connectivity index is 1.29. The van der Waals surface area contributed by atoms with Gasteiger partial charge in [0.05, 0.1) is 20.3 Å². The molecule has 0 bridgehead atoms. The zero-order valence-electron chi connectivity index (χ0n) is 17.3. The number of nitrogens with zero attached hydrogens (tertiary/aromatic N) is 1. The van der Waals surface area contributed by atoms with Gasteiger partial charge in [-0.2, -0.15) is 0 Å². The van der Waals surface area contributed by atoms with Crippen LogP contribution in [0, 0.1) is 0 Å². The van der Waals surface area contributed by atoms with E-state index in [-0.39, 0.29) is 26.7 Å². The van der Waals surface area contributed by atoms with E-state index in [4.69, 9.17) is 27.6 Å². The summed E-state index contributed by atoms with van der Waals surface area (Å²) in [5, 5.41) is 1.29. The molecule has 0 saturated carbocycles. The van der Waals surface area contributed by atoms with E-state index in [0.717, 1.165) is 26.4 Å². The highest BCUT2D eigenvalue weighted by Gasteiger charge is 2.34. The first-order valence-corrected chi connectivity index (χ1v) is 11.9. The largest absolute Gasteiger partial charge is 0.437 e. The monoisotopic (exact) mass is 501 g/mol. The molecule has 0 spiro atoms. The lowest BCUT2D eigenvalue weighted by atomic mass is 10.0. The van der Waals surface area contributed by atoms with E-state index in [9.17, 15) is 9.59 Å². The summed E-state index contributed by atoms with van der Waals surface area (Å²) >= 11 is 13.5. The highest BCUT2D eigenvalue weighted by molar-refractivity contribution is 7.21. The Bertz CT molecular complexity index is 1570. The molecule has 5 aromatic rings. The summed E-state index contributed by atoms with van der Waals surface area (Å²) in [6.07, 6.45) is 1.45. The van der Waals surface area contributed by atoms with Crippen molar-refractivity contribution in [2.45, 2.75) is 0 Å². The molecule has 6 rings (SSSR count). The van der Waals surface area contributed by atoms with Crippen molar-refractivity contribution in [1.29, 1.82) is 0 Å². The van der Waals surface area contributed by atoms with E-state index in [2.05, 4.69) is 29.2 Å². The molecule has 0 radical (unpaired) electrons. The highest BCUT2D eigenvalue weighted by atomic mass is 35.5. The molecule has 0 fully saturated rings. The molecule has 34 heavy (non-hydrogen) atoms. The predicted molar refractivity (Wildman–Crippen MR) is 136 cm³/mol. The smallest absolute Gasteiger partial charge is 0.238 e. The van der Waals surface area contributed by atoms with Crippen LogP contribution in [0.5, 0.6) is 0 Å². The van der Waals surface area contributed by atoms with Crippen molar-refractivity contribution in [3.05, 3.63) is 105 Å². The lowest BCUT2D eigenvalue weighted by Crippen LogP contribution is -1.99. The average molecular weight is 502 g/mol. The fraction of sp³-hybridized carbons (Fsp3) is 0. The van der Waals surface area contributed by atoms with E-state index in [1.807, 2.05) is 30.3 Å². The summed E-state index contributed by atoms with van der Waals surface area (Å²) < 4.78 is 6.66. The lowest BCUT2D eigenvalue weighted by Gasteiger charge is -2.02. The van der Waals surface area contributed by atoms with Gasteiger partial charge in [-0.25, -0.2) is 4.98 Å². The number of allylic oxidation sites excluding steroid dienone is 1. The molecular formula is C27H13Cl2NO3S. The van der Waals surface area contributed by atoms with Gasteiger partial charge in [-0.05, 0) is 29.3 Å². The van der Waals surface area contributed by atoms with Gasteiger partial charge in [0, 0.05) is 22.8 Å². The van der Waals surface area contributed by atoms with E-state index in [0.29, 0.717) is 11.5 Å². The quantitative estimate of drug-likeness (QED) is 0.185. The van der Waals surface area contributed by atoms with Crippen LogP contribution >= 0.6 is 34.5 Å². The van der Waals surface area contributed by atoms with Crippen LogP contribution in [0.15, 0.2) is 82.8 Å². The fourth-order valence-electron chi connectivity index (χ4n) is 3.97. The molecule has 0 N–H and O–H groups in total. The number of ketones is 2. The molecule has 0 amide bonds. The minimum absolute atomic E-state index is 0.0199. The number of rotatable bonds is 3. The summed E-state index contributed by atoms with van der Waals surface area (Å²) in [6, 6.07) is 23.0. The maximum Gasteiger partial charge on any atom is 0.238 e. The minimum atomic E-state index is -0.398. The molecule has 7 heteroatoms. The number of Topliss-reactive ketones (excluding diaryl/α,β-unsaturated/α-hetero) is 2. The Hall–Kier alpha value is -3.51. The van der Waals surface area contributed by atoms with Gasteiger partial charge in [0.15, 0.2) is 11.6 Å². The molecule has 0 unspecified atom stereocenters. The third-order valence-electron chi connectivity index (χ3n) is 5.67. The standard InChI is InChI=1S/C27H13Cl2NO3S/c28-21-12-18-19(13-22(21)29)25(32)20(24(18)31)10-17-11-23-26(33-17)30-27(34-23)16-8-6-15(7-9-16)14-4-2-1-3-5-14/h1-13H. The first kappa shape index (κ1) is 21.1. The Morgan fingerprint density at radius 2 is 1.35 bits per heavy atom. The molecule has 1 aliphatic carbocycles. The lowest BCUT2D eigenvalue weighted by molar-refractivity contribution is 0.0990. The molecular weight excluding hydrogens is 489 g/mol. The van der Waals surface area contributed by atoms with Crippen molar-refractivity contribution in [3.8, 4) is 21.7 Å². The maximum absolute atomic E-state index is 12.8. The van der Waals surface area contributed by atoms with Crippen LogP contribution in [0.3, 0.4) is 0 Å². The Morgan fingerprint density at radius 1 is 0.765 bits per heavy atom.